The Morgan fingerprint density at radius 1 is 1.00 bits per heavy atom. The molecule has 0 spiro atoms. The molecular weight excluding hydrogens is 464 g/mol. The molecule has 1 aliphatic carbocycles. The van der Waals surface area contributed by atoms with Crippen molar-refractivity contribution in [2.45, 2.75) is 45.1 Å². The number of esters is 1. The van der Waals surface area contributed by atoms with Crippen molar-refractivity contribution in [2.75, 3.05) is 22.6 Å². The van der Waals surface area contributed by atoms with Crippen LogP contribution < -0.4 is 16.0 Å². The molecule has 9 heteroatoms. The molecule has 0 aliphatic heterocycles. The van der Waals surface area contributed by atoms with Crippen LogP contribution in [0.3, 0.4) is 0 Å². The summed E-state index contributed by atoms with van der Waals surface area (Å²) in [5, 5.41) is 9.39. The SMILES string of the molecule is CCOC(=O)c1cnc(NC(=O)c2ccc(NC3CCCCC3)c(C(=O)Nc3ccccc3)c2)s1. The number of aromatic nitrogens is 1. The predicted molar refractivity (Wildman–Crippen MR) is 137 cm³/mol. The Kier molecular flexibility index (Phi) is 8.10. The maximum atomic E-state index is 13.2. The Balaban J connectivity index is 1.55. The van der Waals surface area contributed by atoms with Gasteiger partial charge in [-0.2, -0.15) is 0 Å². The topological polar surface area (TPSA) is 109 Å². The molecule has 182 valence electrons. The van der Waals surface area contributed by atoms with Gasteiger partial charge >= 0.3 is 5.97 Å². The van der Waals surface area contributed by atoms with Gasteiger partial charge in [-0.1, -0.05) is 48.8 Å². The van der Waals surface area contributed by atoms with E-state index in [0.29, 0.717) is 33.4 Å². The number of rotatable bonds is 8. The molecule has 2 aromatic carbocycles. The second kappa shape index (κ2) is 11.6. The van der Waals surface area contributed by atoms with Crippen molar-refractivity contribution in [3.8, 4) is 0 Å². The number of carbonyl (C=O) groups excluding carboxylic acids is 3. The second-order valence-corrected chi connectivity index (χ2v) is 9.29. The minimum atomic E-state index is -0.483. The third-order valence-corrected chi connectivity index (χ3v) is 6.62. The highest BCUT2D eigenvalue weighted by Crippen LogP contribution is 2.26. The number of para-hydroxylation sites is 1. The van der Waals surface area contributed by atoms with Crippen LogP contribution in [0.25, 0.3) is 0 Å². The molecule has 0 atom stereocenters. The van der Waals surface area contributed by atoms with Crippen molar-refractivity contribution in [1.29, 1.82) is 0 Å². The zero-order chi connectivity index (χ0) is 24.6. The molecular formula is C26H28N4O4S. The number of hydrogen-bond acceptors (Lipinski definition) is 7. The summed E-state index contributed by atoms with van der Waals surface area (Å²) in [6.07, 6.45) is 7.02. The molecule has 8 nitrogen and oxygen atoms in total. The fourth-order valence-corrected chi connectivity index (χ4v) is 4.69. The van der Waals surface area contributed by atoms with Gasteiger partial charge in [0.15, 0.2) is 5.13 Å². The highest BCUT2D eigenvalue weighted by atomic mass is 32.1. The average molecular weight is 493 g/mol. The van der Waals surface area contributed by atoms with Crippen LogP contribution in [0.4, 0.5) is 16.5 Å². The lowest BCUT2D eigenvalue weighted by Gasteiger charge is -2.25. The van der Waals surface area contributed by atoms with Gasteiger partial charge in [0, 0.05) is 23.0 Å². The summed E-state index contributed by atoms with van der Waals surface area (Å²) in [6.45, 7) is 1.98. The monoisotopic (exact) mass is 492 g/mol. The maximum absolute atomic E-state index is 13.2. The van der Waals surface area contributed by atoms with Crippen LogP contribution in [0.15, 0.2) is 54.7 Å². The van der Waals surface area contributed by atoms with Gasteiger partial charge in [0.05, 0.1) is 18.4 Å². The second-order valence-electron chi connectivity index (χ2n) is 8.26. The van der Waals surface area contributed by atoms with Gasteiger partial charge in [0.2, 0.25) is 0 Å². The van der Waals surface area contributed by atoms with Crippen molar-refractivity contribution >= 4 is 45.6 Å². The molecule has 1 aromatic heterocycles. The fourth-order valence-electron chi connectivity index (χ4n) is 3.98. The standard InChI is InChI=1S/C26H28N4O4S/c1-2-34-25(33)22-16-27-26(35-22)30-23(31)17-13-14-21(28-18-9-5-3-6-10-18)20(15-17)24(32)29-19-11-7-4-8-12-19/h4,7-8,11-16,18,28H,2-3,5-6,9-10H2,1H3,(H,29,32)(H,27,30,31). The molecule has 1 heterocycles. The Labute approximate surface area is 208 Å². The largest absolute Gasteiger partial charge is 0.462 e. The minimum Gasteiger partial charge on any atom is -0.462 e. The molecule has 2 amide bonds. The van der Waals surface area contributed by atoms with Crippen LogP contribution in [-0.4, -0.2) is 35.4 Å². The van der Waals surface area contributed by atoms with E-state index in [1.807, 2.05) is 30.3 Å². The van der Waals surface area contributed by atoms with Crippen LogP contribution in [-0.2, 0) is 4.74 Å². The van der Waals surface area contributed by atoms with E-state index in [1.165, 1.54) is 12.6 Å². The molecule has 3 aromatic rings. The van der Waals surface area contributed by atoms with Crippen LogP contribution in [0.5, 0.6) is 0 Å². The number of nitrogens with one attached hydrogen (secondary N) is 3. The third-order valence-electron chi connectivity index (χ3n) is 5.73. The summed E-state index contributed by atoms with van der Waals surface area (Å²) in [5.74, 6) is -1.21. The van der Waals surface area contributed by atoms with Crippen LogP contribution in [0, 0.1) is 0 Å². The normalized spacial score (nSPS) is 13.6. The molecule has 0 radical (unpaired) electrons. The Hall–Kier alpha value is -3.72. The predicted octanol–water partition coefficient (Wildman–Crippen LogP) is 5.57. The lowest BCUT2D eigenvalue weighted by atomic mass is 9.94. The number of carbonyl (C=O) groups is 3. The molecule has 0 bridgehead atoms. The van der Waals surface area contributed by atoms with Gasteiger partial charge in [-0.3, -0.25) is 14.9 Å². The van der Waals surface area contributed by atoms with Crippen molar-refractivity contribution < 1.29 is 19.1 Å². The lowest BCUT2D eigenvalue weighted by Crippen LogP contribution is -2.25. The molecule has 0 unspecified atom stereocenters. The van der Waals surface area contributed by atoms with Gasteiger partial charge in [0.25, 0.3) is 11.8 Å². The Morgan fingerprint density at radius 2 is 1.77 bits per heavy atom. The zero-order valence-electron chi connectivity index (χ0n) is 19.5. The van der Waals surface area contributed by atoms with Crippen molar-refractivity contribution in [1.82, 2.24) is 4.98 Å². The third kappa shape index (κ3) is 6.45. The van der Waals surface area contributed by atoms with E-state index in [9.17, 15) is 14.4 Å². The first-order valence-corrected chi connectivity index (χ1v) is 12.6. The zero-order valence-corrected chi connectivity index (χ0v) is 20.3. The quantitative estimate of drug-likeness (QED) is 0.355. The van der Waals surface area contributed by atoms with E-state index >= 15 is 0 Å². The van der Waals surface area contributed by atoms with Gasteiger partial charge in [-0.05, 0) is 50.1 Å². The Bertz CT molecular complexity index is 1190. The lowest BCUT2D eigenvalue weighted by molar-refractivity contribution is 0.0531. The van der Waals surface area contributed by atoms with Crippen LogP contribution >= 0.6 is 11.3 Å². The molecule has 1 saturated carbocycles. The first-order valence-electron chi connectivity index (χ1n) is 11.7. The number of amides is 2. The summed E-state index contributed by atoms with van der Waals surface area (Å²) in [6, 6.07) is 14.5. The summed E-state index contributed by atoms with van der Waals surface area (Å²) in [4.78, 5) is 42.4. The summed E-state index contributed by atoms with van der Waals surface area (Å²) in [7, 11) is 0. The molecule has 4 rings (SSSR count). The number of hydrogen-bond donors (Lipinski definition) is 3. The van der Waals surface area contributed by atoms with Gasteiger partial charge in [-0.25, -0.2) is 9.78 Å². The van der Waals surface area contributed by atoms with Gasteiger partial charge in [-0.15, -0.1) is 0 Å². The van der Waals surface area contributed by atoms with E-state index < -0.39 is 11.9 Å². The molecule has 35 heavy (non-hydrogen) atoms. The number of ether oxygens (including phenoxy) is 1. The smallest absolute Gasteiger partial charge is 0.350 e. The van der Waals surface area contributed by atoms with E-state index in [1.54, 1.807) is 25.1 Å². The van der Waals surface area contributed by atoms with Crippen molar-refractivity contribution in [2.24, 2.45) is 0 Å². The molecule has 0 saturated heterocycles. The minimum absolute atomic E-state index is 0.257. The first kappa shape index (κ1) is 24.4. The van der Waals surface area contributed by atoms with E-state index in [0.717, 1.165) is 37.0 Å². The molecule has 1 aliphatic rings. The fraction of sp³-hybridized carbons (Fsp3) is 0.308. The highest BCUT2D eigenvalue weighted by Gasteiger charge is 2.20. The average Bonchev–Trinajstić information content (AvgIpc) is 3.34. The number of thiazole rings is 1. The molecule has 3 N–H and O–H groups in total. The van der Waals surface area contributed by atoms with Gasteiger partial charge in [0.1, 0.15) is 4.88 Å². The summed E-state index contributed by atoms with van der Waals surface area (Å²) in [5.41, 5.74) is 2.06. The van der Waals surface area contributed by atoms with Crippen molar-refractivity contribution in [3.05, 3.63) is 70.7 Å². The summed E-state index contributed by atoms with van der Waals surface area (Å²) < 4.78 is 4.96. The van der Waals surface area contributed by atoms with Crippen LogP contribution in [0.2, 0.25) is 0 Å². The van der Waals surface area contributed by atoms with Crippen LogP contribution in [0.1, 0.15) is 69.4 Å². The maximum Gasteiger partial charge on any atom is 0.350 e. The van der Waals surface area contributed by atoms with E-state index in [2.05, 4.69) is 20.9 Å². The van der Waals surface area contributed by atoms with Crippen molar-refractivity contribution in [3.63, 3.8) is 0 Å². The van der Waals surface area contributed by atoms with E-state index in [4.69, 9.17) is 4.74 Å². The number of anilines is 3. The summed E-state index contributed by atoms with van der Waals surface area (Å²) >= 11 is 1.03. The molecule has 1 fully saturated rings. The van der Waals surface area contributed by atoms with Gasteiger partial charge < -0.3 is 15.4 Å². The van der Waals surface area contributed by atoms with E-state index in [-0.39, 0.29) is 17.6 Å². The number of benzene rings is 2. The first-order chi connectivity index (χ1) is 17.0. The Morgan fingerprint density at radius 3 is 2.51 bits per heavy atom. The number of nitrogens with zero attached hydrogens (tertiary/aromatic N) is 1. The highest BCUT2D eigenvalue weighted by molar-refractivity contribution is 7.17.